The zero-order valence-corrected chi connectivity index (χ0v) is 26.5. The van der Waals surface area contributed by atoms with Crippen LogP contribution in [-0.4, -0.2) is 0 Å². The van der Waals surface area contributed by atoms with E-state index < -0.39 is 0 Å². The monoisotopic (exact) mass is 627 g/mol. The van der Waals surface area contributed by atoms with Crippen molar-refractivity contribution in [2.75, 3.05) is 4.90 Å². The summed E-state index contributed by atoms with van der Waals surface area (Å²) in [5, 5.41) is 6.86. The summed E-state index contributed by atoms with van der Waals surface area (Å²) in [4.78, 5) is 2.27. The molecule has 3 nitrogen and oxygen atoms in total. The van der Waals surface area contributed by atoms with Crippen LogP contribution in [-0.2, 0) is 0 Å². The van der Waals surface area contributed by atoms with Crippen molar-refractivity contribution < 1.29 is 8.83 Å². The van der Waals surface area contributed by atoms with Crippen LogP contribution in [0.3, 0.4) is 0 Å². The number of para-hydroxylation sites is 4. The Morgan fingerprint density at radius 1 is 0.347 bits per heavy atom. The van der Waals surface area contributed by atoms with Crippen LogP contribution in [0.1, 0.15) is 0 Å². The van der Waals surface area contributed by atoms with Crippen LogP contribution < -0.4 is 4.90 Å². The summed E-state index contributed by atoms with van der Waals surface area (Å²) in [6.45, 7) is 0. The second-order valence-corrected chi connectivity index (χ2v) is 12.5. The van der Waals surface area contributed by atoms with Crippen LogP contribution in [0.2, 0.25) is 0 Å². The van der Waals surface area contributed by atoms with Crippen LogP contribution in [0.4, 0.5) is 17.1 Å². The van der Waals surface area contributed by atoms with Crippen molar-refractivity contribution in [3.63, 3.8) is 0 Å². The zero-order chi connectivity index (χ0) is 32.3. The first kappa shape index (κ1) is 27.5. The summed E-state index contributed by atoms with van der Waals surface area (Å²) >= 11 is 0. The molecular weight excluding hydrogens is 599 g/mol. The Labute approximate surface area is 282 Å². The van der Waals surface area contributed by atoms with Crippen molar-refractivity contribution >= 4 is 71.7 Å². The van der Waals surface area contributed by atoms with Crippen LogP contribution in [0.25, 0.3) is 76.9 Å². The van der Waals surface area contributed by atoms with Gasteiger partial charge in [-0.2, -0.15) is 0 Å². The third kappa shape index (κ3) is 4.44. The summed E-state index contributed by atoms with van der Waals surface area (Å²) in [6, 6.07) is 62.0. The molecule has 0 radical (unpaired) electrons. The minimum Gasteiger partial charge on any atom is -0.454 e. The Bertz CT molecular complexity index is 2720. The highest BCUT2D eigenvalue weighted by molar-refractivity contribution is 6.14. The first-order chi connectivity index (χ1) is 24.3. The van der Waals surface area contributed by atoms with Gasteiger partial charge in [0, 0.05) is 27.2 Å². The normalized spacial score (nSPS) is 11.7. The average Bonchev–Trinajstić information content (AvgIpc) is 3.75. The van der Waals surface area contributed by atoms with Crippen molar-refractivity contribution in [3.8, 4) is 22.3 Å². The highest BCUT2D eigenvalue weighted by Gasteiger charge is 2.23. The fraction of sp³-hybridized carbons (Fsp3) is 0. The average molecular weight is 628 g/mol. The van der Waals surface area contributed by atoms with Gasteiger partial charge in [0.1, 0.15) is 11.2 Å². The second-order valence-electron chi connectivity index (χ2n) is 12.5. The van der Waals surface area contributed by atoms with E-state index in [1.807, 2.05) is 24.3 Å². The molecule has 2 heterocycles. The molecule has 0 spiro atoms. The van der Waals surface area contributed by atoms with E-state index in [0.29, 0.717) is 0 Å². The maximum Gasteiger partial charge on any atom is 0.159 e. The van der Waals surface area contributed by atoms with E-state index in [-0.39, 0.29) is 0 Å². The SMILES string of the molecule is c1cc(-c2ccc(N(c3cccc4c3oc3ccccc34)c3cccc4c3oc3ccccc34)cc2)cc(-c2cccc3ccccc23)c1. The molecular formula is C46H29NO2. The van der Waals surface area contributed by atoms with E-state index in [1.54, 1.807) is 0 Å². The standard InChI is InChI=1S/C46H29NO2/c1-2-15-35-31(11-1)12-8-18-36(35)33-14-7-13-32(29-33)30-25-27-34(28-26-30)47(41-21-9-19-39-37-16-3-5-23-43(37)48-45(39)41)42-22-10-20-40-38-17-4-6-24-44(38)49-46(40)42/h1-29H. The Balaban J connectivity index is 1.14. The molecule has 0 unspecified atom stereocenters. The molecule has 0 aliphatic rings. The zero-order valence-electron chi connectivity index (χ0n) is 26.5. The minimum absolute atomic E-state index is 0.837. The van der Waals surface area contributed by atoms with E-state index in [9.17, 15) is 0 Å². The molecule has 0 atom stereocenters. The third-order valence-corrected chi connectivity index (χ3v) is 9.67. The van der Waals surface area contributed by atoms with Gasteiger partial charge in [-0.05, 0) is 75.5 Å². The molecule has 0 bridgehead atoms. The van der Waals surface area contributed by atoms with Crippen molar-refractivity contribution in [3.05, 3.63) is 176 Å². The summed E-state index contributed by atoms with van der Waals surface area (Å²) in [6.07, 6.45) is 0. The number of fused-ring (bicyclic) bond motifs is 7. The van der Waals surface area contributed by atoms with Gasteiger partial charge >= 0.3 is 0 Å². The lowest BCUT2D eigenvalue weighted by Gasteiger charge is -2.25. The van der Waals surface area contributed by atoms with Gasteiger partial charge in [0.25, 0.3) is 0 Å². The first-order valence-corrected chi connectivity index (χ1v) is 16.6. The van der Waals surface area contributed by atoms with Gasteiger partial charge in [-0.1, -0.05) is 133 Å². The smallest absolute Gasteiger partial charge is 0.159 e. The molecule has 10 rings (SSSR count). The van der Waals surface area contributed by atoms with Crippen molar-refractivity contribution in [1.29, 1.82) is 0 Å². The molecule has 0 N–H and O–H groups in total. The minimum atomic E-state index is 0.837. The Morgan fingerprint density at radius 3 is 1.53 bits per heavy atom. The number of anilines is 3. The molecule has 2 aromatic heterocycles. The molecule has 8 aromatic carbocycles. The predicted molar refractivity (Wildman–Crippen MR) is 204 cm³/mol. The Morgan fingerprint density at radius 2 is 0.857 bits per heavy atom. The topological polar surface area (TPSA) is 29.5 Å². The van der Waals surface area contributed by atoms with E-state index >= 15 is 0 Å². The maximum atomic E-state index is 6.59. The van der Waals surface area contributed by atoms with Crippen molar-refractivity contribution in [2.45, 2.75) is 0 Å². The largest absolute Gasteiger partial charge is 0.454 e. The molecule has 0 saturated carbocycles. The number of rotatable bonds is 5. The fourth-order valence-corrected chi connectivity index (χ4v) is 7.37. The summed E-state index contributed by atoms with van der Waals surface area (Å²) in [5.74, 6) is 0. The molecule has 0 fully saturated rings. The van der Waals surface area contributed by atoms with Crippen LogP contribution in [0.5, 0.6) is 0 Å². The molecule has 230 valence electrons. The highest BCUT2D eigenvalue weighted by Crippen LogP contribution is 2.46. The fourth-order valence-electron chi connectivity index (χ4n) is 7.37. The number of benzene rings is 8. The van der Waals surface area contributed by atoms with Gasteiger partial charge in [0.2, 0.25) is 0 Å². The lowest BCUT2D eigenvalue weighted by Crippen LogP contribution is -2.10. The molecule has 3 heteroatoms. The first-order valence-electron chi connectivity index (χ1n) is 16.6. The van der Waals surface area contributed by atoms with Gasteiger partial charge in [0.15, 0.2) is 11.2 Å². The van der Waals surface area contributed by atoms with Gasteiger partial charge < -0.3 is 13.7 Å². The molecule has 0 aliphatic heterocycles. The molecule has 0 saturated heterocycles. The van der Waals surface area contributed by atoms with E-state index in [0.717, 1.165) is 66.5 Å². The molecule has 10 aromatic rings. The van der Waals surface area contributed by atoms with Gasteiger partial charge in [-0.15, -0.1) is 0 Å². The van der Waals surface area contributed by atoms with Gasteiger partial charge in [-0.25, -0.2) is 0 Å². The predicted octanol–water partition coefficient (Wildman–Crippen LogP) is 13.4. The molecule has 0 amide bonds. The third-order valence-electron chi connectivity index (χ3n) is 9.67. The van der Waals surface area contributed by atoms with Crippen molar-refractivity contribution in [2.24, 2.45) is 0 Å². The number of furan rings is 2. The highest BCUT2D eigenvalue weighted by atomic mass is 16.3. The molecule has 0 aliphatic carbocycles. The number of hydrogen-bond donors (Lipinski definition) is 0. The quantitative estimate of drug-likeness (QED) is 0.190. The lowest BCUT2D eigenvalue weighted by molar-refractivity contribution is 0.666. The summed E-state index contributed by atoms with van der Waals surface area (Å²) in [5.41, 5.74) is 11.1. The van der Waals surface area contributed by atoms with E-state index in [4.69, 9.17) is 8.83 Å². The van der Waals surface area contributed by atoms with Crippen LogP contribution in [0.15, 0.2) is 185 Å². The number of hydrogen-bond acceptors (Lipinski definition) is 3. The van der Waals surface area contributed by atoms with E-state index in [1.165, 1.54) is 27.5 Å². The van der Waals surface area contributed by atoms with Crippen molar-refractivity contribution in [1.82, 2.24) is 0 Å². The lowest BCUT2D eigenvalue weighted by atomic mass is 9.95. The van der Waals surface area contributed by atoms with Crippen LogP contribution in [0, 0.1) is 0 Å². The van der Waals surface area contributed by atoms with Gasteiger partial charge in [-0.3, -0.25) is 0 Å². The Hall–Kier alpha value is -6.58. The van der Waals surface area contributed by atoms with Gasteiger partial charge in [0.05, 0.1) is 11.4 Å². The number of nitrogens with zero attached hydrogens (tertiary/aromatic N) is 1. The van der Waals surface area contributed by atoms with E-state index in [2.05, 4.69) is 157 Å². The Kier molecular flexibility index (Phi) is 6.18. The maximum absolute atomic E-state index is 6.59. The summed E-state index contributed by atoms with van der Waals surface area (Å²) in [7, 11) is 0. The summed E-state index contributed by atoms with van der Waals surface area (Å²) < 4.78 is 13.2. The molecule has 49 heavy (non-hydrogen) atoms. The van der Waals surface area contributed by atoms with Crippen LogP contribution >= 0.6 is 0 Å². The second kappa shape index (κ2) is 11.0.